The number of fused-ring (bicyclic) bond motifs is 2. The molecule has 1 N–H and O–H groups in total. The molecule has 1 saturated carbocycles. The van der Waals surface area contributed by atoms with Crippen molar-refractivity contribution in [3.63, 3.8) is 0 Å². The number of nitrogens with zero attached hydrogens (tertiary/aromatic N) is 1. The van der Waals surface area contributed by atoms with Gasteiger partial charge in [-0.15, -0.1) is 0 Å². The maximum Gasteiger partial charge on any atom is 0.310 e. The topological polar surface area (TPSA) is 83.9 Å². The Kier molecular flexibility index (Phi) is 4.00. The quantitative estimate of drug-likeness (QED) is 0.773. The van der Waals surface area contributed by atoms with Gasteiger partial charge in [0.15, 0.2) is 0 Å². The van der Waals surface area contributed by atoms with Gasteiger partial charge in [-0.1, -0.05) is 6.42 Å². The van der Waals surface area contributed by atoms with E-state index in [-0.39, 0.29) is 12.1 Å². The first-order chi connectivity index (χ1) is 9.95. The van der Waals surface area contributed by atoms with Gasteiger partial charge < -0.3 is 9.84 Å². The molecule has 0 radical (unpaired) electrons. The van der Waals surface area contributed by atoms with Crippen LogP contribution in [-0.4, -0.2) is 54.3 Å². The van der Waals surface area contributed by atoms with E-state index in [1.165, 1.54) is 7.11 Å². The van der Waals surface area contributed by atoms with Gasteiger partial charge in [-0.25, -0.2) is 8.42 Å². The number of aliphatic hydroxyl groups is 1. The lowest BCUT2D eigenvalue weighted by Gasteiger charge is -2.38. The zero-order chi connectivity index (χ0) is 15.2. The molecule has 2 aliphatic heterocycles. The van der Waals surface area contributed by atoms with Gasteiger partial charge in [0, 0.05) is 12.1 Å². The molecule has 3 fully saturated rings. The van der Waals surface area contributed by atoms with Crippen LogP contribution in [-0.2, 0) is 19.6 Å². The number of carbonyl (C=O) groups is 1. The molecule has 120 valence electrons. The predicted molar refractivity (Wildman–Crippen MR) is 76.0 cm³/mol. The van der Waals surface area contributed by atoms with Crippen LogP contribution in [0.1, 0.15) is 44.9 Å². The van der Waals surface area contributed by atoms with E-state index in [1.807, 2.05) is 0 Å². The summed E-state index contributed by atoms with van der Waals surface area (Å²) in [4.78, 5) is 11.8. The predicted octanol–water partition coefficient (Wildman–Crippen LogP) is 0.646. The zero-order valence-electron chi connectivity index (χ0n) is 12.3. The normalized spacial score (nSPS) is 40.4. The van der Waals surface area contributed by atoms with Crippen molar-refractivity contribution in [2.24, 2.45) is 5.92 Å². The van der Waals surface area contributed by atoms with Crippen LogP contribution in [0, 0.1) is 5.92 Å². The second kappa shape index (κ2) is 5.52. The molecule has 6 nitrogen and oxygen atoms in total. The summed E-state index contributed by atoms with van der Waals surface area (Å²) in [5.74, 6) is -0.947. The van der Waals surface area contributed by atoms with Gasteiger partial charge in [0.05, 0.1) is 24.4 Å². The third-order valence-corrected chi connectivity index (χ3v) is 7.79. The minimum atomic E-state index is -3.50. The van der Waals surface area contributed by atoms with Crippen molar-refractivity contribution in [1.29, 1.82) is 0 Å². The van der Waals surface area contributed by atoms with Crippen molar-refractivity contribution in [3.8, 4) is 0 Å². The monoisotopic (exact) mass is 317 g/mol. The van der Waals surface area contributed by atoms with Crippen molar-refractivity contribution < 1.29 is 23.1 Å². The van der Waals surface area contributed by atoms with Crippen molar-refractivity contribution in [3.05, 3.63) is 0 Å². The van der Waals surface area contributed by atoms with Gasteiger partial charge in [0.2, 0.25) is 10.0 Å². The van der Waals surface area contributed by atoms with Gasteiger partial charge in [-0.05, 0) is 38.5 Å². The Balaban J connectivity index is 1.85. The number of rotatable bonds is 3. The molecule has 4 atom stereocenters. The minimum Gasteiger partial charge on any atom is -0.469 e. The van der Waals surface area contributed by atoms with Crippen molar-refractivity contribution in [1.82, 2.24) is 4.31 Å². The summed E-state index contributed by atoms with van der Waals surface area (Å²) in [5, 5.41) is 9.17. The summed E-state index contributed by atoms with van der Waals surface area (Å²) >= 11 is 0. The first kappa shape index (κ1) is 15.2. The molecule has 2 bridgehead atoms. The smallest absolute Gasteiger partial charge is 0.310 e. The number of sulfonamides is 1. The highest BCUT2D eigenvalue weighted by atomic mass is 32.2. The molecule has 0 aromatic rings. The fourth-order valence-electron chi connectivity index (χ4n) is 4.38. The van der Waals surface area contributed by atoms with E-state index in [9.17, 15) is 18.3 Å². The van der Waals surface area contributed by atoms with Crippen LogP contribution in [0.5, 0.6) is 0 Å². The fourth-order valence-corrected chi connectivity index (χ4v) is 7.03. The lowest BCUT2D eigenvalue weighted by Crippen LogP contribution is -2.52. The molecule has 0 aromatic heterocycles. The average molecular weight is 317 g/mol. The summed E-state index contributed by atoms with van der Waals surface area (Å²) < 4.78 is 32.4. The Hall–Kier alpha value is -0.660. The Bertz CT molecular complexity index is 505. The first-order valence-corrected chi connectivity index (χ1v) is 9.23. The standard InChI is InChI=1S/C14H23NO5S/c1-20-14(17)12-3-2-4-13(12)21(18,19)15-9-5-6-10(15)8-11(16)7-9/h9-13,16H,2-8H2,1H3. The van der Waals surface area contributed by atoms with E-state index in [0.717, 1.165) is 19.3 Å². The molecule has 4 unspecified atom stereocenters. The summed E-state index contributed by atoms with van der Waals surface area (Å²) in [7, 11) is -2.19. The summed E-state index contributed by atoms with van der Waals surface area (Å²) in [5.41, 5.74) is 0. The van der Waals surface area contributed by atoms with Crippen LogP contribution >= 0.6 is 0 Å². The van der Waals surface area contributed by atoms with Gasteiger partial charge in [0.25, 0.3) is 0 Å². The third kappa shape index (κ3) is 2.49. The lowest BCUT2D eigenvalue weighted by molar-refractivity contribution is -0.145. The summed E-state index contributed by atoms with van der Waals surface area (Å²) in [6.45, 7) is 0. The molecular formula is C14H23NO5S. The number of ether oxygens (including phenoxy) is 1. The van der Waals surface area contributed by atoms with E-state index in [1.54, 1.807) is 4.31 Å². The van der Waals surface area contributed by atoms with Crippen LogP contribution < -0.4 is 0 Å². The second-order valence-corrected chi connectivity index (χ2v) is 8.54. The van der Waals surface area contributed by atoms with Crippen molar-refractivity contribution >= 4 is 16.0 Å². The molecule has 0 aromatic carbocycles. The highest BCUT2D eigenvalue weighted by Crippen LogP contribution is 2.42. The molecule has 0 spiro atoms. The number of hydrogen-bond acceptors (Lipinski definition) is 5. The highest BCUT2D eigenvalue weighted by Gasteiger charge is 2.52. The molecule has 7 heteroatoms. The molecular weight excluding hydrogens is 294 g/mol. The number of piperidine rings is 1. The average Bonchev–Trinajstić information content (AvgIpc) is 3.02. The lowest BCUT2D eigenvalue weighted by atomic mass is 10.0. The van der Waals surface area contributed by atoms with Gasteiger partial charge in [-0.2, -0.15) is 4.31 Å². The van der Waals surface area contributed by atoms with E-state index in [4.69, 9.17) is 4.74 Å². The maximum atomic E-state index is 13.0. The van der Waals surface area contributed by atoms with Crippen LogP contribution in [0.3, 0.4) is 0 Å². The van der Waals surface area contributed by atoms with Crippen LogP contribution in [0.4, 0.5) is 0 Å². The van der Waals surface area contributed by atoms with E-state index in [0.29, 0.717) is 25.7 Å². The van der Waals surface area contributed by atoms with Gasteiger partial charge >= 0.3 is 5.97 Å². The van der Waals surface area contributed by atoms with E-state index >= 15 is 0 Å². The highest BCUT2D eigenvalue weighted by molar-refractivity contribution is 7.89. The zero-order valence-corrected chi connectivity index (χ0v) is 13.1. The molecule has 2 saturated heterocycles. The number of carbonyl (C=O) groups excluding carboxylic acids is 1. The summed E-state index contributed by atoms with van der Waals surface area (Å²) in [6.07, 6.45) is 4.14. The van der Waals surface area contributed by atoms with Gasteiger partial charge in [-0.3, -0.25) is 4.79 Å². The Morgan fingerprint density at radius 2 is 1.76 bits per heavy atom. The third-order valence-electron chi connectivity index (χ3n) is 5.27. The number of aliphatic hydroxyl groups excluding tert-OH is 1. The van der Waals surface area contributed by atoms with E-state index in [2.05, 4.69) is 0 Å². The molecule has 1 aliphatic carbocycles. The van der Waals surface area contributed by atoms with Crippen LogP contribution in [0.2, 0.25) is 0 Å². The molecule has 21 heavy (non-hydrogen) atoms. The molecule has 3 aliphatic rings. The molecule has 0 amide bonds. The second-order valence-electron chi connectivity index (χ2n) is 6.48. The number of hydrogen-bond donors (Lipinski definition) is 1. The van der Waals surface area contributed by atoms with Crippen LogP contribution in [0.15, 0.2) is 0 Å². The largest absolute Gasteiger partial charge is 0.469 e. The number of methoxy groups -OCH3 is 1. The number of esters is 1. The van der Waals surface area contributed by atoms with Gasteiger partial charge in [0.1, 0.15) is 0 Å². The summed E-state index contributed by atoms with van der Waals surface area (Å²) in [6, 6.07) is -0.190. The Labute approximate surface area is 125 Å². The maximum absolute atomic E-state index is 13.0. The fraction of sp³-hybridized carbons (Fsp3) is 0.929. The van der Waals surface area contributed by atoms with Crippen molar-refractivity contribution in [2.45, 2.75) is 68.4 Å². The molecule has 3 rings (SSSR count). The van der Waals surface area contributed by atoms with Crippen LogP contribution in [0.25, 0.3) is 0 Å². The Morgan fingerprint density at radius 1 is 1.14 bits per heavy atom. The SMILES string of the molecule is COC(=O)C1CCCC1S(=O)(=O)N1C2CCC1CC(O)C2. The van der Waals surface area contributed by atoms with E-state index < -0.39 is 33.3 Å². The minimum absolute atomic E-state index is 0.0948. The Morgan fingerprint density at radius 3 is 2.33 bits per heavy atom. The molecule has 2 heterocycles. The van der Waals surface area contributed by atoms with Crippen molar-refractivity contribution in [2.75, 3.05) is 7.11 Å². The first-order valence-electron chi connectivity index (χ1n) is 7.73.